The lowest BCUT2D eigenvalue weighted by Crippen LogP contribution is -2.74. The van der Waals surface area contributed by atoms with Crippen LogP contribution in [-0.2, 0) is 23.7 Å². The normalized spacial score (nSPS) is 41.4. The van der Waals surface area contributed by atoms with Crippen LogP contribution in [0.15, 0.2) is 41.5 Å². The second-order valence-electron chi connectivity index (χ2n) is 11.7. The molecule has 0 radical (unpaired) electrons. The summed E-state index contributed by atoms with van der Waals surface area (Å²) in [7, 11) is 3.16. The minimum Gasteiger partial charge on any atom is -0.455 e. The highest BCUT2D eigenvalue weighted by molar-refractivity contribution is 5.94. The number of hydrogen-bond donors (Lipinski definition) is 1. The molecule has 5 rings (SSSR count). The molecule has 196 valence electrons. The molecule has 0 spiro atoms. The summed E-state index contributed by atoms with van der Waals surface area (Å²) in [5.41, 5.74) is -1.14. The average molecular weight is 499 g/mol. The molecule has 1 heterocycles. The Morgan fingerprint density at radius 3 is 2.39 bits per heavy atom. The van der Waals surface area contributed by atoms with Gasteiger partial charge in [0.1, 0.15) is 17.8 Å². The molecule has 1 aliphatic heterocycles. The number of ether oxygens (including phenoxy) is 4. The van der Waals surface area contributed by atoms with Crippen molar-refractivity contribution in [1.29, 1.82) is 0 Å². The number of rotatable bonds is 4. The van der Waals surface area contributed by atoms with Crippen molar-refractivity contribution in [3.63, 3.8) is 0 Å². The zero-order chi connectivity index (χ0) is 26.0. The summed E-state index contributed by atoms with van der Waals surface area (Å²) in [4.78, 5) is 28.1. The van der Waals surface area contributed by atoms with E-state index in [1.807, 2.05) is 33.8 Å². The molecule has 4 unspecified atom stereocenters. The minimum atomic E-state index is -1.43. The fourth-order valence-electron chi connectivity index (χ4n) is 7.74. The molecule has 7 heteroatoms. The van der Waals surface area contributed by atoms with Crippen molar-refractivity contribution in [1.82, 2.24) is 0 Å². The van der Waals surface area contributed by atoms with Gasteiger partial charge in [-0.2, -0.15) is 0 Å². The highest BCUT2D eigenvalue weighted by Crippen LogP contribution is 2.62. The Bertz CT molecular complexity index is 1080. The van der Waals surface area contributed by atoms with Crippen molar-refractivity contribution in [2.24, 2.45) is 22.7 Å². The van der Waals surface area contributed by atoms with Gasteiger partial charge < -0.3 is 24.1 Å². The zero-order valence-electron chi connectivity index (χ0n) is 22.1. The van der Waals surface area contributed by atoms with Gasteiger partial charge in [0, 0.05) is 37.9 Å². The Labute approximate surface area is 213 Å². The molecule has 0 amide bonds. The van der Waals surface area contributed by atoms with Crippen molar-refractivity contribution in [2.45, 2.75) is 77.0 Å². The highest BCUT2D eigenvalue weighted by Gasteiger charge is 2.71. The van der Waals surface area contributed by atoms with Gasteiger partial charge in [-0.15, -0.1) is 0 Å². The van der Waals surface area contributed by atoms with Crippen LogP contribution in [0.2, 0.25) is 0 Å². The quantitative estimate of drug-likeness (QED) is 0.500. The van der Waals surface area contributed by atoms with Crippen molar-refractivity contribution in [3.8, 4) is 0 Å². The number of hydrogen-bond acceptors (Lipinski definition) is 7. The summed E-state index contributed by atoms with van der Waals surface area (Å²) in [5.74, 6) is -1.14. The fraction of sp³-hybridized carbons (Fsp3) is 0.655. The number of aliphatic hydroxyl groups is 1. The van der Waals surface area contributed by atoms with E-state index in [1.165, 1.54) is 0 Å². The van der Waals surface area contributed by atoms with Gasteiger partial charge in [-0.05, 0) is 44.4 Å². The number of carbonyl (C=O) groups is 2. The van der Waals surface area contributed by atoms with E-state index in [-0.39, 0.29) is 17.8 Å². The van der Waals surface area contributed by atoms with Crippen LogP contribution in [0.5, 0.6) is 0 Å². The van der Waals surface area contributed by atoms with E-state index in [0.717, 1.165) is 11.1 Å². The van der Waals surface area contributed by atoms with Gasteiger partial charge in [-0.3, -0.25) is 4.79 Å². The van der Waals surface area contributed by atoms with Crippen molar-refractivity contribution in [3.05, 3.63) is 47.0 Å². The molecule has 2 bridgehead atoms. The molecule has 3 aliphatic carbocycles. The summed E-state index contributed by atoms with van der Waals surface area (Å²) >= 11 is 0. The lowest BCUT2D eigenvalue weighted by Gasteiger charge is -2.64. The topological polar surface area (TPSA) is 91.3 Å². The van der Waals surface area contributed by atoms with Crippen molar-refractivity contribution >= 4 is 11.8 Å². The van der Waals surface area contributed by atoms with Crippen LogP contribution in [-0.4, -0.2) is 67.7 Å². The first-order chi connectivity index (χ1) is 17.0. The summed E-state index contributed by atoms with van der Waals surface area (Å²) in [5, 5.41) is 12.7. The van der Waals surface area contributed by atoms with Crippen molar-refractivity contribution in [2.75, 3.05) is 20.8 Å². The van der Waals surface area contributed by atoms with E-state index >= 15 is 0 Å². The largest absolute Gasteiger partial charge is 0.455 e. The first-order valence-corrected chi connectivity index (χ1v) is 12.9. The third-order valence-corrected chi connectivity index (χ3v) is 9.94. The second kappa shape index (κ2) is 8.76. The molecule has 4 aliphatic rings. The van der Waals surface area contributed by atoms with Gasteiger partial charge in [0.25, 0.3) is 0 Å². The lowest BCUT2D eigenvalue weighted by atomic mass is 9.46. The molecule has 1 saturated heterocycles. The number of fused-ring (bicyclic) bond motifs is 5. The molecule has 1 aromatic rings. The molecule has 3 fully saturated rings. The van der Waals surface area contributed by atoms with Crippen LogP contribution in [0.25, 0.3) is 0 Å². The third kappa shape index (κ3) is 3.32. The highest BCUT2D eigenvalue weighted by atomic mass is 16.6. The van der Waals surface area contributed by atoms with E-state index in [9.17, 15) is 14.7 Å². The second-order valence-corrected chi connectivity index (χ2v) is 11.7. The Morgan fingerprint density at radius 2 is 1.81 bits per heavy atom. The van der Waals surface area contributed by atoms with E-state index in [2.05, 4.69) is 0 Å². The number of Topliss-reactive ketones (excluding diaryl/α,β-unsaturated/α-hetero) is 1. The fourth-order valence-corrected chi connectivity index (χ4v) is 7.74. The van der Waals surface area contributed by atoms with Crippen LogP contribution < -0.4 is 0 Å². The van der Waals surface area contributed by atoms with E-state index in [4.69, 9.17) is 18.9 Å². The van der Waals surface area contributed by atoms with Crippen LogP contribution in [0.3, 0.4) is 0 Å². The SMILES string of the molecule is COC1C(=O)[C@]2(C)C(OC)CC3OC[C@H]3[C@H]2C(OC(=O)c2ccccc2)[C@]2(O)CCC(C)=C1C2(C)C. The van der Waals surface area contributed by atoms with Gasteiger partial charge in [-0.1, -0.05) is 37.6 Å². The van der Waals surface area contributed by atoms with Gasteiger partial charge in [0.05, 0.1) is 29.8 Å². The van der Waals surface area contributed by atoms with E-state index < -0.39 is 46.6 Å². The lowest BCUT2D eigenvalue weighted by molar-refractivity contribution is -0.277. The first-order valence-electron chi connectivity index (χ1n) is 12.9. The molecule has 7 nitrogen and oxygen atoms in total. The number of ketones is 1. The summed E-state index contributed by atoms with van der Waals surface area (Å²) < 4.78 is 24.2. The maximum atomic E-state index is 14.6. The van der Waals surface area contributed by atoms with Crippen LogP contribution in [0.1, 0.15) is 57.3 Å². The van der Waals surface area contributed by atoms with Crippen LogP contribution in [0, 0.1) is 22.7 Å². The summed E-state index contributed by atoms with van der Waals surface area (Å²) in [6.45, 7) is 8.26. The predicted molar refractivity (Wildman–Crippen MR) is 132 cm³/mol. The third-order valence-electron chi connectivity index (χ3n) is 9.94. The molecule has 2 saturated carbocycles. The smallest absolute Gasteiger partial charge is 0.338 e. The number of carbonyl (C=O) groups excluding carboxylic acids is 2. The minimum absolute atomic E-state index is 0.0511. The Balaban J connectivity index is 1.74. The maximum absolute atomic E-state index is 14.6. The molecule has 0 aromatic heterocycles. The van der Waals surface area contributed by atoms with Gasteiger partial charge in [-0.25, -0.2) is 4.79 Å². The molecular formula is C29H38O7. The van der Waals surface area contributed by atoms with Crippen LogP contribution >= 0.6 is 0 Å². The average Bonchev–Trinajstić information content (AvgIpc) is 2.84. The molecule has 1 N–H and O–H groups in total. The predicted octanol–water partition coefficient (Wildman–Crippen LogP) is 3.73. The summed E-state index contributed by atoms with van der Waals surface area (Å²) in [6.07, 6.45) is -0.789. The van der Waals surface area contributed by atoms with Crippen LogP contribution in [0.4, 0.5) is 0 Å². The van der Waals surface area contributed by atoms with Crippen molar-refractivity contribution < 1.29 is 33.6 Å². The monoisotopic (exact) mass is 498 g/mol. The summed E-state index contributed by atoms with van der Waals surface area (Å²) in [6, 6.07) is 8.82. The molecule has 36 heavy (non-hydrogen) atoms. The molecule has 8 atom stereocenters. The van der Waals surface area contributed by atoms with Gasteiger partial charge in [0.15, 0.2) is 5.78 Å². The van der Waals surface area contributed by atoms with E-state index in [0.29, 0.717) is 31.4 Å². The Kier molecular flexibility index (Phi) is 6.22. The number of benzene rings is 1. The Hall–Kier alpha value is -2.06. The first kappa shape index (κ1) is 25.6. The maximum Gasteiger partial charge on any atom is 0.338 e. The van der Waals surface area contributed by atoms with Gasteiger partial charge >= 0.3 is 5.97 Å². The number of methoxy groups -OCH3 is 2. The number of esters is 1. The molecular weight excluding hydrogens is 460 g/mol. The van der Waals surface area contributed by atoms with Gasteiger partial charge in [0.2, 0.25) is 0 Å². The Morgan fingerprint density at radius 1 is 1.11 bits per heavy atom. The zero-order valence-corrected chi connectivity index (χ0v) is 22.1. The standard InChI is InChI=1S/C29H38O7/c1-16-12-13-29(32)25(36-26(31)17-10-8-7-9-11-17)22-18-15-35-19(18)14-20(33-5)28(22,4)24(30)23(34-6)21(16)27(29,2)3/h7-11,18-20,22-23,25,32H,12-15H2,1-6H3/t18-,19?,20?,22+,23?,25?,28-,29-/m1/s1. The number of allylic oxidation sites excluding steroid dienone is 1. The molecule has 1 aromatic carbocycles. The van der Waals surface area contributed by atoms with E-state index in [1.54, 1.807) is 38.5 Å².